The van der Waals surface area contributed by atoms with Gasteiger partial charge in [-0.25, -0.2) is 4.98 Å². The maximum atomic E-state index is 5.67. The molecule has 6 heteroatoms. The number of ether oxygens (including phenoxy) is 2. The van der Waals surface area contributed by atoms with Crippen LogP contribution in [0.15, 0.2) is 6.07 Å². The summed E-state index contributed by atoms with van der Waals surface area (Å²) < 4.78 is 10.8. The van der Waals surface area contributed by atoms with Crippen molar-refractivity contribution in [2.24, 2.45) is 5.92 Å². The molecule has 0 amide bonds. The van der Waals surface area contributed by atoms with E-state index < -0.39 is 0 Å². The number of likely N-dealkylation sites (N-methyl/N-ethyl adjacent to an activating group) is 1. The van der Waals surface area contributed by atoms with Gasteiger partial charge in [0.1, 0.15) is 12.4 Å². The third-order valence-corrected chi connectivity index (χ3v) is 2.45. The van der Waals surface area contributed by atoms with Crippen LogP contribution in [0, 0.1) is 5.92 Å². The molecule has 6 nitrogen and oxygen atoms in total. The van der Waals surface area contributed by atoms with Crippen LogP contribution in [-0.2, 0) is 11.3 Å². The summed E-state index contributed by atoms with van der Waals surface area (Å²) in [6.45, 7) is 6.98. The molecular weight excluding hydrogens is 256 g/mol. The predicted octanol–water partition coefficient (Wildman–Crippen LogP) is 1.63. The van der Waals surface area contributed by atoms with Gasteiger partial charge in [-0.1, -0.05) is 13.8 Å². The van der Waals surface area contributed by atoms with Crippen molar-refractivity contribution in [1.82, 2.24) is 14.9 Å². The smallest absolute Gasteiger partial charge is 0.218 e. The Labute approximate surface area is 121 Å². The number of aromatic nitrogens is 2. The van der Waals surface area contributed by atoms with Gasteiger partial charge in [-0.15, -0.1) is 0 Å². The van der Waals surface area contributed by atoms with Crippen LogP contribution >= 0.6 is 0 Å². The minimum absolute atomic E-state index is 0.376. The number of nitrogens with one attached hydrogen (secondary N) is 1. The zero-order valence-electron chi connectivity index (χ0n) is 13.1. The van der Waals surface area contributed by atoms with Crippen LogP contribution in [0.25, 0.3) is 0 Å². The minimum Gasteiger partial charge on any atom is -0.477 e. The van der Waals surface area contributed by atoms with E-state index in [1.165, 1.54) is 0 Å². The van der Waals surface area contributed by atoms with Crippen LogP contribution < -0.4 is 10.1 Å². The molecule has 1 N–H and O–H groups in total. The second-order valence-electron chi connectivity index (χ2n) is 5.38. The lowest BCUT2D eigenvalue weighted by Gasteiger charge is -2.13. The first-order valence-electron chi connectivity index (χ1n) is 6.89. The van der Waals surface area contributed by atoms with Crippen LogP contribution in [0.5, 0.6) is 5.88 Å². The van der Waals surface area contributed by atoms with Crippen LogP contribution in [0.3, 0.4) is 0 Å². The van der Waals surface area contributed by atoms with Crippen molar-refractivity contribution in [3.05, 3.63) is 11.9 Å². The second-order valence-corrected chi connectivity index (χ2v) is 5.38. The molecule has 0 radical (unpaired) electrons. The summed E-state index contributed by atoms with van der Waals surface area (Å²) in [7, 11) is 5.70. The first-order valence-corrected chi connectivity index (χ1v) is 6.89. The van der Waals surface area contributed by atoms with E-state index in [4.69, 9.17) is 9.47 Å². The van der Waals surface area contributed by atoms with E-state index in [2.05, 4.69) is 34.0 Å². The Kier molecular flexibility index (Phi) is 7.25. The Hall–Kier alpha value is -1.40. The maximum absolute atomic E-state index is 5.67. The Morgan fingerprint density at radius 2 is 2.05 bits per heavy atom. The Morgan fingerprint density at radius 1 is 1.30 bits per heavy atom. The van der Waals surface area contributed by atoms with Gasteiger partial charge < -0.3 is 19.7 Å². The number of hydrogen-bond donors (Lipinski definition) is 1. The van der Waals surface area contributed by atoms with Gasteiger partial charge in [0, 0.05) is 26.3 Å². The van der Waals surface area contributed by atoms with Crippen LogP contribution in [0.1, 0.15) is 19.7 Å². The number of methoxy groups -OCH3 is 1. The summed E-state index contributed by atoms with van der Waals surface area (Å²) in [6, 6.07) is 1.83. The summed E-state index contributed by atoms with van der Waals surface area (Å²) in [5.41, 5.74) is 0. The second kappa shape index (κ2) is 8.71. The Balaban J connectivity index is 2.70. The molecule has 0 unspecified atom stereocenters. The lowest BCUT2D eigenvalue weighted by Crippen LogP contribution is -2.21. The fraction of sp³-hybridized carbons (Fsp3) is 0.714. The van der Waals surface area contributed by atoms with Crippen molar-refractivity contribution in [3.8, 4) is 5.88 Å². The molecule has 1 aromatic rings. The van der Waals surface area contributed by atoms with Crippen molar-refractivity contribution >= 4 is 5.82 Å². The van der Waals surface area contributed by atoms with E-state index >= 15 is 0 Å². The van der Waals surface area contributed by atoms with Crippen LogP contribution in [0.2, 0.25) is 0 Å². The molecule has 0 saturated carbocycles. The van der Waals surface area contributed by atoms with E-state index in [0.717, 1.165) is 18.9 Å². The molecule has 114 valence electrons. The van der Waals surface area contributed by atoms with Gasteiger partial charge in [0.2, 0.25) is 5.88 Å². The summed E-state index contributed by atoms with van der Waals surface area (Å²) >= 11 is 0. The van der Waals surface area contributed by atoms with Crippen molar-refractivity contribution < 1.29 is 9.47 Å². The van der Waals surface area contributed by atoms with Crippen molar-refractivity contribution in [2.45, 2.75) is 20.5 Å². The summed E-state index contributed by atoms with van der Waals surface area (Å²) in [5, 5.41) is 3.27. The van der Waals surface area contributed by atoms with Crippen LogP contribution in [-0.4, -0.2) is 55.8 Å². The SMILES string of the molecule is COCc1nc(NCCN(C)C)cc(OCC(C)C)n1. The van der Waals surface area contributed by atoms with Gasteiger partial charge in [0.05, 0.1) is 6.61 Å². The summed E-state index contributed by atoms with van der Waals surface area (Å²) in [6.07, 6.45) is 0. The summed E-state index contributed by atoms with van der Waals surface area (Å²) in [5.74, 6) is 2.45. The first kappa shape index (κ1) is 16.7. The highest BCUT2D eigenvalue weighted by atomic mass is 16.5. The topological polar surface area (TPSA) is 59.5 Å². The molecule has 1 aromatic heterocycles. The molecule has 0 aliphatic heterocycles. The van der Waals surface area contributed by atoms with Gasteiger partial charge in [-0.05, 0) is 20.0 Å². The number of nitrogens with zero attached hydrogens (tertiary/aromatic N) is 3. The van der Waals surface area contributed by atoms with Gasteiger partial charge in [0.25, 0.3) is 0 Å². The largest absolute Gasteiger partial charge is 0.477 e. The fourth-order valence-electron chi connectivity index (χ4n) is 1.49. The average Bonchev–Trinajstić information content (AvgIpc) is 2.36. The Morgan fingerprint density at radius 3 is 2.65 bits per heavy atom. The van der Waals surface area contributed by atoms with E-state index in [1.54, 1.807) is 7.11 Å². The molecule has 20 heavy (non-hydrogen) atoms. The molecule has 0 spiro atoms. The van der Waals surface area contributed by atoms with E-state index in [0.29, 0.717) is 30.8 Å². The molecule has 0 aliphatic rings. The molecule has 0 bridgehead atoms. The monoisotopic (exact) mass is 282 g/mol. The fourth-order valence-corrected chi connectivity index (χ4v) is 1.49. The normalized spacial score (nSPS) is 11.2. The summed E-state index contributed by atoms with van der Waals surface area (Å²) in [4.78, 5) is 10.8. The highest BCUT2D eigenvalue weighted by molar-refractivity contribution is 5.38. The van der Waals surface area contributed by atoms with Gasteiger partial charge in [-0.3, -0.25) is 0 Å². The minimum atomic E-state index is 0.376. The lowest BCUT2D eigenvalue weighted by molar-refractivity contribution is 0.175. The molecule has 1 rings (SSSR count). The molecule has 0 atom stereocenters. The molecular formula is C14H26N4O2. The van der Waals surface area contributed by atoms with Crippen molar-refractivity contribution in [2.75, 3.05) is 46.2 Å². The van der Waals surface area contributed by atoms with Gasteiger partial charge >= 0.3 is 0 Å². The number of hydrogen-bond acceptors (Lipinski definition) is 6. The molecule has 0 aliphatic carbocycles. The molecule has 0 aromatic carbocycles. The predicted molar refractivity (Wildman–Crippen MR) is 80.1 cm³/mol. The number of rotatable bonds is 9. The third-order valence-electron chi connectivity index (χ3n) is 2.45. The standard InChI is InChI=1S/C14H26N4O2/c1-11(2)9-20-14-8-12(15-6-7-18(3)4)16-13(17-14)10-19-5/h8,11H,6-7,9-10H2,1-5H3,(H,15,16,17). The van der Waals surface area contributed by atoms with Crippen LogP contribution in [0.4, 0.5) is 5.82 Å². The highest BCUT2D eigenvalue weighted by Crippen LogP contribution is 2.15. The van der Waals surface area contributed by atoms with E-state index in [1.807, 2.05) is 20.2 Å². The third kappa shape index (κ3) is 6.68. The molecule has 1 heterocycles. The quantitative estimate of drug-likeness (QED) is 0.743. The van der Waals surface area contributed by atoms with E-state index in [9.17, 15) is 0 Å². The first-order chi connectivity index (χ1) is 9.51. The van der Waals surface area contributed by atoms with Crippen molar-refractivity contribution in [1.29, 1.82) is 0 Å². The lowest BCUT2D eigenvalue weighted by atomic mass is 10.2. The molecule has 0 fully saturated rings. The maximum Gasteiger partial charge on any atom is 0.218 e. The van der Waals surface area contributed by atoms with Gasteiger partial charge in [-0.2, -0.15) is 4.98 Å². The van der Waals surface area contributed by atoms with Crippen molar-refractivity contribution in [3.63, 3.8) is 0 Å². The average molecular weight is 282 g/mol. The van der Waals surface area contributed by atoms with E-state index in [-0.39, 0.29) is 0 Å². The zero-order valence-corrected chi connectivity index (χ0v) is 13.1. The Bertz CT molecular complexity index is 397. The number of anilines is 1. The highest BCUT2D eigenvalue weighted by Gasteiger charge is 2.06. The zero-order chi connectivity index (χ0) is 15.0. The molecule has 0 saturated heterocycles. The van der Waals surface area contributed by atoms with Gasteiger partial charge in [0.15, 0.2) is 5.82 Å².